The van der Waals surface area contributed by atoms with E-state index < -0.39 is 29.9 Å². The first-order valence-electron chi connectivity index (χ1n) is 16.2. The van der Waals surface area contributed by atoms with Gasteiger partial charge in [-0.2, -0.15) is 0 Å². The van der Waals surface area contributed by atoms with Gasteiger partial charge < -0.3 is 42.6 Å². The van der Waals surface area contributed by atoms with Gasteiger partial charge in [0.05, 0.1) is 28.4 Å². The molecule has 51 heavy (non-hydrogen) atoms. The van der Waals surface area contributed by atoms with Crippen molar-refractivity contribution in [1.29, 1.82) is 0 Å². The van der Waals surface area contributed by atoms with Crippen molar-refractivity contribution in [1.82, 2.24) is 4.90 Å². The second kappa shape index (κ2) is 16.2. The highest BCUT2D eigenvalue weighted by atomic mass is 16.8. The minimum atomic E-state index is -2.09. The van der Waals surface area contributed by atoms with E-state index in [1.54, 1.807) is 36.4 Å². The molecule has 1 amide bonds. The van der Waals surface area contributed by atoms with E-state index in [2.05, 4.69) is 0 Å². The topological polar surface area (TPSA) is 138 Å². The first-order valence-corrected chi connectivity index (χ1v) is 16.2. The van der Waals surface area contributed by atoms with Crippen LogP contribution in [0.3, 0.4) is 0 Å². The predicted molar refractivity (Wildman–Crippen MR) is 182 cm³/mol. The Morgan fingerprint density at radius 1 is 0.882 bits per heavy atom. The van der Waals surface area contributed by atoms with E-state index in [1.165, 1.54) is 40.8 Å². The fraction of sp³-hybridized carbons (Fsp3) is 0.342. The number of cyclic esters (lactones) is 1. The molecule has 0 radical (unpaired) electrons. The highest BCUT2D eigenvalue weighted by Gasteiger charge is 2.51. The number of methoxy groups -OCH3 is 4. The van der Waals surface area contributed by atoms with Gasteiger partial charge in [-0.1, -0.05) is 44.2 Å². The van der Waals surface area contributed by atoms with Crippen LogP contribution in [-0.2, 0) is 52.1 Å². The van der Waals surface area contributed by atoms with E-state index in [4.69, 9.17) is 42.6 Å². The van der Waals surface area contributed by atoms with Crippen LogP contribution in [0.15, 0.2) is 90.5 Å². The summed E-state index contributed by atoms with van der Waals surface area (Å²) < 4.78 is 50.8. The average molecular weight is 704 g/mol. The molecule has 3 aromatic rings. The van der Waals surface area contributed by atoms with Crippen LogP contribution in [0, 0.1) is 5.92 Å². The van der Waals surface area contributed by atoms with E-state index in [0.717, 1.165) is 10.5 Å². The molecule has 0 saturated heterocycles. The molecule has 13 heteroatoms. The third-order valence-electron chi connectivity index (χ3n) is 8.17. The number of carbonyl (C=O) groups is 3. The molecule has 270 valence electrons. The van der Waals surface area contributed by atoms with Gasteiger partial charge in [0.2, 0.25) is 18.4 Å². The highest BCUT2D eigenvalue weighted by Crippen LogP contribution is 2.45. The molecule has 5 rings (SSSR count). The van der Waals surface area contributed by atoms with Crippen molar-refractivity contribution in [2.24, 2.45) is 5.92 Å². The maximum absolute atomic E-state index is 14.6. The Hall–Kier alpha value is -5.85. The lowest BCUT2D eigenvalue weighted by atomic mass is 9.92. The molecule has 13 nitrogen and oxygen atoms in total. The predicted octanol–water partition coefficient (Wildman–Crippen LogP) is 6.00. The number of hydrogen-bond donors (Lipinski definition) is 0. The Labute approximate surface area is 296 Å². The highest BCUT2D eigenvalue weighted by molar-refractivity contribution is 5.88. The standard InChI is InChI=1S/C38H41NO12/c1-24(2)16-30(36(41)48-21-25-10-8-7-9-11-25)39(33-22-47-23-49-33)37(42)51-38(27-12-14-29(43-3)15-13-27)28(20-34(40)50-38)17-26-18-31(44-4)35(46-6)32(19-26)45-5/h7-15,18-20,22,24,30H,16-17,21,23H2,1-6H3. The average Bonchev–Trinajstić information content (AvgIpc) is 3.78. The quantitative estimate of drug-likeness (QED) is 0.172. The third-order valence-corrected chi connectivity index (χ3v) is 8.17. The number of carbonyl (C=O) groups excluding carboxylic acids is 3. The molecule has 2 unspecified atom stereocenters. The first kappa shape index (κ1) is 36.4. The maximum atomic E-state index is 14.6. The number of esters is 2. The first-order chi connectivity index (χ1) is 24.6. The molecule has 0 aromatic heterocycles. The molecule has 0 bridgehead atoms. The van der Waals surface area contributed by atoms with Gasteiger partial charge in [0.25, 0.3) is 0 Å². The summed E-state index contributed by atoms with van der Waals surface area (Å²) in [7, 11) is 5.98. The molecule has 3 aromatic carbocycles. The van der Waals surface area contributed by atoms with Crippen LogP contribution in [0.2, 0.25) is 0 Å². The molecule has 0 spiro atoms. The van der Waals surface area contributed by atoms with E-state index in [9.17, 15) is 14.4 Å². The molecule has 0 aliphatic carbocycles. The Balaban J connectivity index is 1.56. The van der Waals surface area contributed by atoms with Gasteiger partial charge in [0.1, 0.15) is 24.7 Å². The van der Waals surface area contributed by atoms with Crippen molar-refractivity contribution in [3.63, 3.8) is 0 Å². The van der Waals surface area contributed by atoms with Gasteiger partial charge in [0.15, 0.2) is 11.5 Å². The molecule has 0 saturated carbocycles. The van der Waals surface area contributed by atoms with Crippen LogP contribution < -0.4 is 18.9 Å². The summed E-state index contributed by atoms with van der Waals surface area (Å²) in [6.07, 6.45) is 1.63. The fourth-order valence-corrected chi connectivity index (χ4v) is 5.78. The van der Waals surface area contributed by atoms with Crippen molar-refractivity contribution in [2.75, 3.05) is 35.2 Å². The lowest BCUT2D eigenvalue weighted by Crippen LogP contribution is -2.49. The van der Waals surface area contributed by atoms with Crippen molar-refractivity contribution in [3.8, 4) is 23.0 Å². The van der Waals surface area contributed by atoms with Crippen molar-refractivity contribution < 1.29 is 57.0 Å². The van der Waals surface area contributed by atoms with Gasteiger partial charge in [-0.25, -0.2) is 19.3 Å². The molecule has 2 aliphatic rings. The van der Waals surface area contributed by atoms with Gasteiger partial charge >= 0.3 is 23.8 Å². The Morgan fingerprint density at radius 2 is 1.57 bits per heavy atom. The number of hydrogen-bond acceptors (Lipinski definition) is 12. The number of nitrogens with zero attached hydrogens (tertiary/aromatic N) is 1. The molecule has 2 heterocycles. The second-order valence-electron chi connectivity index (χ2n) is 12.0. The fourth-order valence-electron chi connectivity index (χ4n) is 5.78. The number of ether oxygens (including phenoxy) is 9. The molecule has 0 N–H and O–H groups in total. The van der Waals surface area contributed by atoms with Crippen LogP contribution in [0.4, 0.5) is 4.79 Å². The number of benzene rings is 3. The summed E-state index contributed by atoms with van der Waals surface area (Å²) in [6.45, 7) is 3.58. The summed E-state index contributed by atoms with van der Waals surface area (Å²) >= 11 is 0. The van der Waals surface area contributed by atoms with Crippen molar-refractivity contribution >= 4 is 18.0 Å². The SMILES string of the molecule is COc1ccc(C2(OC(=O)N(C3=COCO3)C(CC(C)C)C(=O)OCc3ccccc3)OC(=O)C=C2Cc2cc(OC)c(OC)c(OC)c2)cc1. The zero-order valence-electron chi connectivity index (χ0n) is 29.3. The largest absolute Gasteiger partial charge is 0.497 e. The molecule has 2 atom stereocenters. The lowest BCUT2D eigenvalue weighted by Gasteiger charge is -2.35. The monoisotopic (exact) mass is 703 g/mol. The second-order valence-corrected chi connectivity index (χ2v) is 12.0. The summed E-state index contributed by atoms with van der Waals surface area (Å²) in [4.78, 5) is 42.6. The van der Waals surface area contributed by atoms with Gasteiger partial charge in [-0.15, -0.1) is 0 Å². The zero-order chi connectivity index (χ0) is 36.5. The van der Waals surface area contributed by atoms with Crippen LogP contribution in [0.5, 0.6) is 23.0 Å². The number of rotatable bonds is 15. The number of amides is 1. The van der Waals surface area contributed by atoms with Crippen LogP contribution in [0.25, 0.3) is 0 Å². The van der Waals surface area contributed by atoms with Crippen molar-refractivity contribution in [3.05, 3.63) is 107 Å². The maximum Gasteiger partial charge on any atom is 0.421 e. The van der Waals surface area contributed by atoms with Gasteiger partial charge in [0, 0.05) is 23.6 Å². The zero-order valence-corrected chi connectivity index (χ0v) is 29.3. The summed E-state index contributed by atoms with van der Waals surface area (Å²) in [5, 5.41) is 0. The molecule has 2 aliphatic heterocycles. The normalized spacial score (nSPS) is 16.9. The summed E-state index contributed by atoms with van der Waals surface area (Å²) in [5.74, 6) is -2.04. The van der Waals surface area contributed by atoms with Gasteiger partial charge in [-0.05, 0) is 59.9 Å². The van der Waals surface area contributed by atoms with Crippen molar-refractivity contribution in [2.45, 2.75) is 45.1 Å². The van der Waals surface area contributed by atoms with Crippen LogP contribution in [-0.4, -0.2) is 64.2 Å². The van der Waals surface area contributed by atoms with E-state index in [1.807, 2.05) is 44.2 Å². The Bertz CT molecular complexity index is 1740. The molecule has 0 fully saturated rings. The lowest BCUT2D eigenvalue weighted by molar-refractivity contribution is -0.190. The van der Waals surface area contributed by atoms with E-state index in [-0.39, 0.29) is 43.6 Å². The smallest absolute Gasteiger partial charge is 0.421 e. The Morgan fingerprint density at radius 3 is 2.14 bits per heavy atom. The third kappa shape index (κ3) is 8.14. The van der Waals surface area contributed by atoms with E-state index >= 15 is 0 Å². The minimum absolute atomic E-state index is 0.0252. The van der Waals surface area contributed by atoms with Crippen LogP contribution in [0.1, 0.15) is 37.0 Å². The van der Waals surface area contributed by atoms with E-state index in [0.29, 0.717) is 34.1 Å². The summed E-state index contributed by atoms with van der Waals surface area (Å²) in [6, 6.07) is 17.9. The minimum Gasteiger partial charge on any atom is -0.497 e. The summed E-state index contributed by atoms with van der Waals surface area (Å²) in [5.41, 5.74) is 1.95. The van der Waals surface area contributed by atoms with Gasteiger partial charge in [-0.3, -0.25) is 0 Å². The molecular formula is C38H41NO12. The van der Waals surface area contributed by atoms with Crippen LogP contribution >= 0.6 is 0 Å². The molecular weight excluding hydrogens is 662 g/mol. The Kier molecular flexibility index (Phi) is 11.6.